The summed E-state index contributed by atoms with van der Waals surface area (Å²) in [4.78, 5) is 25.8. The molecule has 42 heavy (non-hydrogen) atoms. The third-order valence-corrected chi connectivity index (χ3v) is 8.18. The Morgan fingerprint density at radius 1 is 0.929 bits per heavy atom. The minimum absolute atomic E-state index is 0.00816. The number of carbonyl (C=O) groups excluding carboxylic acids is 2. The Balaban J connectivity index is 1.39. The molecule has 1 heterocycles. The summed E-state index contributed by atoms with van der Waals surface area (Å²) in [6.07, 6.45) is 8.63. The molecule has 1 saturated heterocycles. The van der Waals surface area contributed by atoms with Crippen molar-refractivity contribution >= 4 is 11.8 Å². The van der Waals surface area contributed by atoms with E-state index in [1.54, 1.807) is 5.48 Å². The largest absolute Gasteiger partial charge is 0.392 e. The predicted molar refractivity (Wildman–Crippen MR) is 159 cm³/mol. The maximum Gasteiger partial charge on any atom is 0.243 e. The number of hydrogen-bond acceptors (Lipinski definition) is 7. The highest BCUT2D eigenvalue weighted by molar-refractivity contribution is 5.76. The zero-order valence-corrected chi connectivity index (χ0v) is 24.4. The molecular formula is C33H45N3O6. The lowest BCUT2D eigenvalue weighted by molar-refractivity contribution is -0.253. The topological polar surface area (TPSA) is 120 Å². The summed E-state index contributed by atoms with van der Waals surface area (Å²) in [5, 5.41) is 20.9. The van der Waals surface area contributed by atoms with Crippen LogP contribution in [0, 0.1) is 0 Å². The molecule has 0 radical (unpaired) electrons. The van der Waals surface area contributed by atoms with Gasteiger partial charge >= 0.3 is 0 Å². The first-order chi connectivity index (χ1) is 20.5. The van der Waals surface area contributed by atoms with Crippen LogP contribution in [0.4, 0.5) is 0 Å². The molecule has 4 rings (SSSR count). The van der Waals surface area contributed by atoms with Gasteiger partial charge in [-0.25, -0.2) is 5.48 Å². The summed E-state index contributed by atoms with van der Waals surface area (Å²) in [6.45, 7) is 6.06. The number of amides is 2. The number of nitrogens with one attached hydrogen (secondary N) is 2. The van der Waals surface area contributed by atoms with Crippen LogP contribution in [-0.2, 0) is 32.2 Å². The average Bonchev–Trinajstić information content (AvgIpc) is 3.57. The molecular weight excluding hydrogens is 534 g/mol. The Labute approximate surface area is 248 Å². The SMILES string of the molecule is C=CCN(C[C@@H]1C[C@H](c2ccc(CO)cc2)O[C@H](c2ccc(CNC(=O)CCCCC(=O)NO)cc2)O1)C1CCCC1. The Hall–Kier alpha value is -3.08. The molecule has 1 saturated carbocycles. The second-order valence-corrected chi connectivity index (χ2v) is 11.3. The first-order valence-corrected chi connectivity index (χ1v) is 15.1. The van der Waals surface area contributed by atoms with Gasteiger partial charge in [0.15, 0.2) is 6.29 Å². The number of ether oxygens (including phenoxy) is 2. The van der Waals surface area contributed by atoms with Gasteiger partial charge in [0.2, 0.25) is 11.8 Å². The van der Waals surface area contributed by atoms with Crippen LogP contribution in [0.15, 0.2) is 61.2 Å². The quantitative estimate of drug-likeness (QED) is 0.103. The minimum atomic E-state index is -0.528. The van der Waals surface area contributed by atoms with E-state index in [0.29, 0.717) is 31.8 Å². The molecule has 9 nitrogen and oxygen atoms in total. The standard InChI is InChI=1S/C33H45N3O6/c1-2-19-36(28-7-3-4-8-28)22-29-20-30(26-15-13-25(23-37)14-16-26)42-33(41-29)27-17-11-24(12-18-27)21-34-31(38)9-5-6-10-32(39)35-40/h2,11-18,28-30,33,37,40H,1,3-10,19-23H2,(H,34,38)(H,35,39)/t29-,30+,33+/m0/s1. The number of benzene rings is 2. The molecule has 0 unspecified atom stereocenters. The number of nitrogens with zero attached hydrogens (tertiary/aromatic N) is 1. The van der Waals surface area contributed by atoms with Crippen molar-refractivity contribution in [2.75, 3.05) is 13.1 Å². The molecule has 2 aromatic carbocycles. The second-order valence-electron chi connectivity index (χ2n) is 11.3. The Morgan fingerprint density at radius 3 is 2.21 bits per heavy atom. The molecule has 1 aliphatic heterocycles. The average molecular weight is 580 g/mol. The van der Waals surface area contributed by atoms with Gasteiger partial charge in [0.25, 0.3) is 0 Å². The predicted octanol–water partition coefficient (Wildman–Crippen LogP) is 4.84. The summed E-state index contributed by atoms with van der Waals surface area (Å²) in [5.41, 5.74) is 5.42. The summed E-state index contributed by atoms with van der Waals surface area (Å²) < 4.78 is 13.1. The first-order valence-electron chi connectivity index (χ1n) is 15.1. The van der Waals surface area contributed by atoms with Gasteiger partial charge in [-0.05, 0) is 42.4 Å². The number of hydroxylamine groups is 1. The third-order valence-electron chi connectivity index (χ3n) is 8.18. The normalized spacial score (nSPS) is 20.9. The molecule has 3 atom stereocenters. The third kappa shape index (κ3) is 9.47. The highest BCUT2D eigenvalue weighted by atomic mass is 16.7. The summed E-state index contributed by atoms with van der Waals surface area (Å²) in [7, 11) is 0. The molecule has 228 valence electrons. The van der Waals surface area contributed by atoms with Gasteiger partial charge in [-0.15, -0.1) is 6.58 Å². The number of hydrogen-bond donors (Lipinski definition) is 4. The van der Waals surface area contributed by atoms with Gasteiger partial charge in [0.1, 0.15) is 0 Å². The molecule has 0 bridgehead atoms. The summed E-state index contributed by atoms with van der Waals surface area (Å²) in [6, 6.07) is 16.4. The smallest absolute Gasteiger partial charge is 0.243 e. The van der Waals surface area contributed by atoms with Crippen molar-refractivity contribution in [3.63, 3.8) is 0 Å². The van der Waals surface area contributed by atoms with E-state index < -0.39 is 12.2 Å². The van der Waals surface area contributed by atoms with Gasteiger partial charge in [-0.1, -0.05) is 67.4 Å². The molecule has 0 aromatic heterocycles. The van der Waals surface area contributed by atoms with Crippen LogP contribution in [0.2, 0.25) is 0 Å². The fraction of sp³-hybridized carbons (Fsp3) is 0.515. The maximum atomic E-state index is 12.2. The number of unbranched alkanes of at least 4 members (excludes halogenated alkanes) is 1. The number of carbonyl (C=O) groups is 2. The second kappa shape index (κ2) is 16.5. The van der Waals surface area contributed by atoms with Crippen LogP contribution in [-0.4, -0.2) is 52.3 Å². The maximum absolute atomic E-state index is 12.2. The molecule has 0 spiro atoms. The van der Waals surface area contributed by atoms with Crippen molar-refractivity contribution in [2.24, 2.45) is 0 Å². The molecule has 2 aromatic rings. The van der Waals surface area contributed by atoms with Crippen molar-refractivity contribution in [1.82, 2.24) is 15.7 Å². The monoisotopic (exact) mass is 579 g/mol. The van der Waals surface area contributed by atoms with E-state index in [2.05, 4.69) is 16.8 Å². The molecule has 2 amide bonds. The van der Waals surface area contributed by atoms with E-state index in [0.717, 1.165) is 41.8 Å². The van der Waals surface area contributed by atoms with Gasteiger partial charge < -0.3 is 19.9 Å². The van der Waals surface area contributed by atoms with Gasteiger partial charge in [-0.2, -0.15) is 0 Å². The lowest BCUT2D eigenvalue weighted by atomic mass is 9.99. The van der Waals surface area contributed by atoms with E-state index in [1.807, 2.05) is 54.6 Å². The fourth-order valence-corrected chi connectivity index (χ4v) is 5.81. The van der Waals surface area contributed by atoms with Crippen molar-refractivity contribution in [1.29, 1.82) is 0 Å². The fourth-order valence-electron chi connectivity index (χ4n) is 5.81. The Kier molecular flexibility index (Phi) is 12.5. The van der Waals surface area contributed by atoms with Crippen LogP contribution < -0.4 is 10.8 Å². The van der Waals surface area contributed by atoms with Crippen molar-refractivity contribution < 1.29 is 29.4 Å². The zero-order valence-electron chi connectivity index (χ0n) is 24.4. The summed E-state index contributed by atoms with van der Waals surface area (Å²) >= 11 is 0. The van der Waals surface area contributed by atoms with E-state index in [4.69, 9.17) is 14.7 Å². The molecule has 2 aliphatic rings. The van der Waals surface area contributed by atoms with Crippen molar-refractivity contribution in [3.8, 4) is 0 Å². The minimum Gasteiger partial charge on any atom is -0.392 e. The molecule has 9 heteroatoms. The summed E-state index contributed by atoms with van der Waals surface area (Å²) in [5.74, 6) is -0.520. The number of aliphatic hydroxyl groups excluding tert-OH is 1. The Bertz CT molecular complexity index is 1130. The van der Waals surface area contributed by atoms with Gasteiger partial charge in [-0.3, -0.25) is 19.7 Å². The number of rotatable bonds is 15. The Morgan fingerprint density at radius 2 is 1.57 bits per heavy atom. The van der Waals surface area contributed by atoms with Crippen molar-refractivity contribution in [2.45, 2.75) is 95.5 Å². The van der Waals surface area contributed by atoms with E-state index >= 15 is 0 Å². The zero-order chi connectivity index (χ0) is 29.7. The molecule has 1 aliphatic carbocycles. The lowest BCUT2D eigenvalue weighted by Crippen LogP contribution is -2.43. The van der Waals surface area contributed by atoms with Crippen LogP contribution in [0.3, 0.4) is 0 Å². The van der Waals surface area contributed by atoms with E-state index in [9.17, 15) is 14.7 Å². The van der Waals surface area contributed by atoms with Crippen LogP contribution in [0.5, 0.6) is 0 Å². The van der Waals surface area contributed by atoms with Crippen LogP contribution in [0.1, 0.15) is 92.4 Å². The molecule has 4 N–H and O–H groups in total. The highest BCUT2D eigenvalue weighted by Crippen LogP contribution is 2.38. The van der Waals surface area contributed by atoms with E-state index in [-0.39, 0.29) is 31.1 Å². The first kappa shape index (κ1) is 31.8. The van der Waals surface area contributed by atoms with Gasteiger partial charge in [0.05, 0.1) is 18.8 Å². The van der Waals surface area contributed by atoms with Crippen LogP contribution in [0.25, 0.3) is 0 Å². The number of aliphatic hydroxyl groups is 1. The van der Waals surface area contributed by atoms with Crippen molar-refractivity contribution in [3.05, 3.63) is 83.4 Å². The van der Waals surface area contributed by atoms with Gasteiger partial charge in [0, 0.05) is 50.5 Å². The molecule has 2 fully saturated rings. The lowest BCUT2D eigenvalue weighted by Gasteiger charge is -2.39. The van der Waals surface area contributed by atoms with E-state index in [1.165, 1.54) is 25.7 Å². The highest BCUT2D eigenvalue weighted by Gasteiger charge is 2.34. The van der Waals surface area contributed by atoms with Crippen LogP contribution >= 0.6 is 0 Å².